The molecule has 1 aromatic heterocycles. The maximum Gasteiger partial charge on any atom is 0.254 e. The van der Waals surface area contributed by atoms with E-state index in [1.54, 1.807) is 43.3 Å². The molecule has 0 radical (unpaired) electrons. The lowest BCUT2D eigenvalue weighted by molar-refractivity contribution is 0.0694. The van der Waals surface area contributed by atoms with Gasteiger partial charge in [-0.15, -0.1) is 0 Å². The normalized spacial score (nSPS) is 12.2. The van der Waals surface area contributed by atoms with E-state index in [-0.39, 0.29) is 11.9 Å². The van der Waals surface area contributed by atoms with Crippen molar-refractivity contribution in [3.8, 4) is 5.75 Å². The zero-order chi connectivity index (χ0) is 26.0. The molecule has 0 N–H and O–H groups in total. The summed E-state index contributed by atoms with van der Waals surface area (Å²) in [6.45, 7) is 8.35. The third-order valence-corrected chi connectivity index (χ3v) is 6.84. The molecule has 184 valence electrons. The summed E-state index contributed by atoms with van der Waals surface area (Å²) in [5.41, 5.74) is 6.28. The molecule has 3 aromatic carbocycles. The van der Waals surface area contributed by atoms with Crippen molar-refractivity contribution in [2.75, 3.05) is 20.7 Å². The summed E-state index contributed by atoms with van der Waals surface area (Å²) >= 11 is 0. The molecule has 36 heavy (non-hydrogen) atoms. The number of fused-ring (bicyclic) bond motifs is 3. The molecule has 0 bridgehead atoms. The minimum absolute atomic E-state index is 0.204. The number of aldehydes is 1. The number of hydrogen-bond donors (Lipinski definition) is 0. The van der Waals surface area contributed by atoms with Gasteiger partial charge in [-0.2, -0.15) is 0 Å². The molecule has 0 fully saturated rings. The van der Waals surface area contributed by atoms with Crippen LogP contribution in [-0.2, 0) is 7.05 Å². The van der Waals surface area contributed by atoms with E-state index < -0.39 is 0 Å². The smallest absolute Gasteiger partial charge is 0.254 e. The van der Waals surface area contributed by atoms with Crippen LogP contribution in [0.3, 0.4) is 0 Å². The summed E-state index contributed by atoms with van der Waals surface area (Å²) in [6.07, 6.45) is 4.45. The maximum atomic E-state index is 13.0. The van der Waals surface area contributed by atoms with Gasteiger partial charge in [-0.25, -0.2) is 0 Å². The van der Waals surface area contributed by atoms with E-state index in [0.717, 1.165) is 44.2 Å². The molecule has 6 nitrogen and oxygen atoms in total. The molecule has 4 rings (SSSR count). The highest BCUT2D eigenvalue weighted by Gasteiger charge is 2.21. The Hall–Kier alpha value is -4.19. The van der Waals surface area contributed by atoms with E-state index in [4.69, 9.17) is 4.74 Å². The second-order valence-corrected chi connectivity index (χ2v) is 9.01. The highest BCUT2D eigenvalue weighted by Crippen LogP contribution is 2.35. The first-order chi connectivity index (χ1) is 17.3. The van der Waals surface area contributed by atoms with Gasteiger partial charge in [-0.05, 0) is 55.3 Å². The third-order valence-electron chi connectivity index (χ3n) is 6.84. The second kappa shape index (κ2) is 10.2. The number of aliphatic imine (C=N–C) groups is 1. The van der Waals surface area contributed by atoms with Crippen molar-refractivity contribution in [1.29, 1.82) is 0 Å². The number of likely N-dealkylation sites (N-methyl/N-ethyl adjacent to an activating group) is 1. The van der Waals surface area contributed by atoms with Crippen molar-refractivity contribution in [3.63, 3.8) is 0 Å². The number of hydrogen-bond acceptors (Lipinski definition) is 4. The molecular weight excluding hydrogens is 450 g/mol. The fourth-order valence-electron chi connectivity index (χ4n) is 4.75. The number of ether oxygens (including phenoxy) is 1. The average Bonchev–Trinajstić information content (AvgIpc) is 3.17. The summed E-state index contributed by atoms with van der Waals surface area (Å²) in [4.78, 5) is 30.1. The average molecular weight is 482 g/mol. The summed E-state index contributed by atoms with van der Waals surface area (Å²) in [6, 6.07) is 14.8. The Morgan fingerprint density at radius 3 is 2.61 bits per heavy atom. The standard InChI is InChI=1S/C30H31N3O3/c1-7-24-20(3)29-27(14-22(24)16-31-4)26-15-23(12-13-28(26)33(29)6)36-18-19(2)32(5)30(35)25-11-9-8-10-21(25)17-34/h7-17,19H,1,18H2,2-6H3. The van der Waals surface area contributed by atoms with Crippen LogP contribution in [0.2, 0.25) is 0 Å². The van der Waals surface area contributed by atoms with Gasteiger partial charge in [0.2, 0.25) is 0 Å². The Balaban J connectivity index is 1.62. The maximum absolute atomic E-state index is 13.0. The SMILES string of the molecule is C=Cc1c(C=NC)cc2c3cc(OCC(C)N(C)C(=O)c4ccccc4C=O)ccc3n(C)c2c1C. The van der Waals surface area contributed by atoms with Gasteiger partial charge in [0.25, 0.3) is 5.91 Å². The van der Waals surface area contributed by atoms with Gasteiger partial charge in [-0.3, -0.25) is 14.6 Å². The summed E-state index contributed by atoms with van der Waals surface area (Å²) in [5.74, 6) is 0.518. The molecule has 0 saturated carbocycles. The van der Waals surface area contributed by atoms with Crippen LogP contribution < -0.4 is 4.74 Å². The van der Waals surface area contributed by atoms with E-state index in [2.05, 4.69) is 42.2 Å². The van der Waals surface area contributed by atoms with Crippen LogP contribution in [0.1, 0.15) is 44.3 Å². The number of aryl methyl sites for hydroxylation is 2. The number of amides is 1. The van der Waals surface area contributed by atoms with Gasteiger partial charge >= 0.3 is 0 Å². The molecule has 1 amide bonds. The van der Waals surface area contributed by atoms with E-state index in [0.29, 0.717) is 24.0 Å². The Labute approximate surface area is 211 Å². The Morgan fingerprint density at radius 2 is 1.92 bits per heavy atom. The van der Waals surface area contributed by atoms with Crippen LogP contribution in [0.4, 0.5) is 0 Å². The van der Waals surface area contributed by atoms with Crippen molar-refractivity contribution in [3.05, 3.63) is 82.9 Å². The van der Waals surface area contributed by atoms with E-state index in [9.17, 15) is 9.59 Å². The van der Waals surface area contributed by atoms with Gasteiger partial charge in [0.15, 0.2) is 6.29 Å². The van der Waals surface area contributed by atoms with Gasteiger partial charge in [0, 0.05) is 54.8 Å². The number of carbonyl (C=O) groups excluding carboxylic acids is 2. The highest BCUT2D eigenvalue weighted by atomic mass is 16.5. The first-order valence-electron chi connectivity index (χ1n) is 11.9. The minimum Gasteiger partial charge on any atom is -0.491 e. The second-order valence-electron chi connectivity index (χ2n) is 9.01. The van der Waals surface area contributed by atoms with Gasteiger partial charge in [-0.1, -0.05) is 30.9 Å². The number of nitrogens with zero attached hydrogens (tertiary/aromatic N) is 3. The number of rotatable bonds is 8. The lowest BCUT2D eigenvalue weighted by Gasteiger charge is -2.25. The number of carbonyl (C=O) groups is 2. The lowest BCUT2D eigenvalue weighted by atomic mass is 9.98. The van der Waals surface area contributed by atoms with Gasteiger partial charge in [0.1, 0.15) is 12.4 Å². The van der Waals surface area contributed by atoms with Crippen LogP contribution >= 0.6 is 0 Å². The zero-order valence-corrected chi connectivity index (χ0v) is 21.4. The van der Waals surface area contributed by atoms with E-state index in [1.807, 2.05) is 31.3 Å². The zero-order valence-electron chi connectivity index (χ0n) is 21.4. The van der Waals surface area contributed by atoms with Crippen LogP contribution in [0.5, 0.6) is 5.75 Å². The Bertz CT molecular complexity index is 1510. The molecular formula is C30H31N3O3. The van der Waals surface area contributed by atoms with E-state index in [1.165, 1.54) is 0 Å². The van der Waals surface area contributed by atoms with Crippen molar-refractivity contribution >= 4 is 46.3 Å². The molecule has 1 heterocycles. The monoisotopic (exact) mass is 481 g/mol. The molecule has 0 spiro atoms. The largest absolute Gasteiger partial charge is 0.491 e. The van der Waals surface area contributed by atoms with Crippen molar-refractivity contribution in [2.24, 2.45) is 12.0 Å². The third kappa shape index (κ3) is 4.31. The first kappa shape index (κ1) is 24.9. The highest BCUT2D eigenvalue weighted by molar-refractivity contribution is 6.12. The first-order valence-corrected chi connectivity index (χ1v) is 11.9. The number of benzene rings is 3. The fourth-order valence-corrected chi connectivity index (χ4v) is 4.75. The van der Waals surface area contributed by atoms with Crippen molar-refractivity contribution in [2.45, 2.75) is 19.9 Å². The van der Waals surface area contributed by atoms with Crippen LogP contribution in [0.15, 0.2) is 60.1 Å². The Morgan fingerprint density at radius 1 is 1.17 bits per heavy atom. The van der Waals surface area contributed by atoms with Crippen LogP contribution in [-0.4, -0.2) is 54.6 Å². The summed E-state index contributed by atoms with van der Waals surface area (Å²) < 4.78 is 8.33. The fraction of sp³-hybridized carbons (Fsp3) is 0.233. The molecule has 0 saturated heterocycles. The van der Waals surface area contributed by atoms with Crippen molar-refractivity contribution in [1.82, 2.24) is 9.47 Å². The Kier molecular flexibility index (Phi) is 7.06. The van der Waals surface area contributed by atoms with Crippen LogP contribution in [0.25, 0.3) is 27.9 Å². The quantitative estimate of drug-likeness (QED) is 0.240. The topological polar surface area (TPSA) is 63.9 Å². The lowest BCUT2D eigenvalue weighted by Crippen LogP contribution is -2.39. The molecule has 0 aliphatic rings. The predicted molar refractivity (Wildman–Crippen MR) is 148 cm³/mol. The van der Waals surface area contributed by atoms with Gasteiger partial charge in [0.05, 0.1) is 17.1 Å². The molecule has 0 aliphatic heterocycles. The predicted octanol–water partition coefficient (Wildman–Crippen LogP) is 5.68. The van der Waals surface area contributed by atoms with Crippen molar-refractivity contribution < 1.29 is 14.3 Å². The molecule has 0 aliphatic carbocycles. The van der Waals surface area contributed by atoms with Crippen LogP contribution in [0, 0.1) is 6.92 Å². The molecule has 6 heteroatoms. The summed E-state index contributed by atoms with van der Waals surface area (Å²) in [5, 5.41) is 2.22. The molecule has 1 atom stereocenters. The van der Waals surface area contributed by atoms with E-state index >= 15 is 0 Å². The molecule has 4 aromatic rings. The minimum atomic E-state index is -0.211. The number of aromatic nitrogens is 1. The summed E-state index contributed by atoms with van der Waals surface area (Å²) in [7, 11) is 5.56. The van der Waals surface area contributed by atoms with Gasteiger partial charge < -0.3 is 14.2 Å². The molecule has 1 unspecified atom stereocenters.